The van der Waals surface area contributed by atoms with Gasteiger partial charge in [0, 0.05) is 45.3 Å². The van der Waals surface area contributed by atoms with Gasteiger partial charge in [0.1, 0.15) is 5.82 Å². The first-order chi connectivity index (χ1) is 8.74. The molecule has 0 atom stereocenters. The molecule has 0 spiro atoms. The van der Waals surface area contributed by atoms with Gasteiger partial charge in [-0.05, 0) is 13.8 Å². The Bertz CT molecular complexity index is 421. The molecule has 98 valence electrons. The lowest BCUT2D eigenvalue weighted by Gasteiger charge is -2.43. The maximum absolute atomic E-state index is 4.63. The number of nitrogens with zero attached hydrogens (tertiary/aromatic N) is 4. The van der Waals surface area contributed by atoms with E-state index < -0.39 is 0 Å². The third-order valence-corrected chi connectivity index (χ3v) is 4.09. The van der Waals surface area contributed by atoms with Gasteiger partial charge < -0.3 is 10.2 Å². The number of rotatable bonds is 2. The van der Waals surface area contributed by atoms with Crippen LogP contribution in [-0.2, 0) is 0 Å². The summed E-state index contributed by atoms with van der Waals surface area (Å²) in [5.74, 6) is 1.03. The zero-order valence-corrected chi connectivity index (χ0v) is 11.2. The molecule has 2 aliphatic rings. The van der Waals surface area contributed by atoms with Crippen LogP contribution in [0.4, 0.5) is 5.82 Å². The maximum Gasteiger partial charge on any atom is 0.147 e. The van der Waals surface area contributed by atoms with Crippen molar-refractivity contribution in [1.29, 1.82) is 0 Å². The van der Waals surface area contributed by atoms with Gasteiger partial charge in [-0.1, -0.05) is 0 Å². The molecule has 0 bridgehead atoms. The molecule has 2 fully saturated rings. The number of aromatic nitrogens is 2. The third kappa shape index (κ3) is 2.20. The molecule has 1 aromatic heterocycles. The normalized spacial score (nSPS) is 22.0. The first kappa shape index (κ1) is 11.9. The summed E-state index contributed by atoms with van der Waals surface area (Å²) in [6.45, 7) is 10.8. The van der Waals surface area contributed by atoms with Crippen molar-refractivity contribution in [3.63, 3.8) is 0 Å². The molecule has 0 saturated carbocycles. The minimum atomic E-state index is 0.762. The SMILES string of the molecule is Cc1ncc(N2CCN(C3CNC3)CC2)nc1C. The quantitative estimate of drug-likeness (QED) is 0.808. The molecule has 1 N–H and O–H groups in total. The molecule has 0 unspecified atom stereocenters. The predicted molar refractivity (Wildman–Crippen MR) is 71.9 cm³/mol. The predicted octanol–water partition coefficient (Wildman–Crippen LogP) is 0.187. The number of hydrogen-bond acceptors (Lipinski definition) is 5. The fourth-order valence-corrected chi connectivity index (χ4v) is 2.53. The molecule has 3 heterocycles. The highest BCUT2D eigenvalue weighted by Crippen LogP contribution is 2.16. The van der Waals surface area contributed by atoms with Crippen LogP contribution in [0.15, 0.2) is 6.20 Å². The van der Waals surface area contributed by atoms with E-state index in [1.807, 2.05) is 20.0 Å². The summed E-state index contributed by atoms with van der Waals surface area (Å²) in [5.41, 5.74) is 2.07. The van der Waals surface area contributed by atoms with Crippen molar-refractivity contribution in [3.8, 4) is 0 Å². The van der Waals surface area contributed by atoms with Crippen molar-refractivity contribution in [2.75, 3.05) is 44.2 Å². The molecule has 1 aromatic rings. The van der Waals surface area contributed by atoms with Gasteiger partial charge in [-0.15, -0.1) is 0 Å². The smallest absolute Gasteiger partial charge is 0.147 e. The molecule has 5 nitrogen and oxygen atoms in total. The monoisotopic (exact) mass is 247 g/mol. The molecule has 0 aliphatic carbocycles. The van der Waals surface area contributed by atoms with E-state index >= 15 is 0 Å². The van der Waals surface area contributed by atoms with Crippen LogP contribution in [0.2, 0.25) is 0 Å². The van der Waals surface area contributed by atoms with Crippen LogP contribution in [0, 0.1) is 13.8 Å². The van der Waals surface area contributed by atoms with Crippen LogP contribution >= 0.6 is 0 Å². The topological polar surface area (TPSA) is 44.3 Å². The minimum absolute atomic E-state index is 0.762. The van der Waals surface area contributed by atoms with Crippen LogP contribution in [0.25, 0.3) is 0 Å². The first-order valence-corrected chi connectivity index (χ1v) is 6.74. The fourth-order valence-electron chi connectivity index (χ4n) is 2.53. The van der Waals surface area contributed by atoms with E-state index in [4.69, 9.17) is 0 Å². The summed E-state index contributed by atoms with van der Waals surface area (Å²) in [6, 6.07) is 0.762. The van der Waals surface area contributed by atoms with Crippen molar-refractivity contribution < 1.29 is 0 Å². The van der Waals surface area contributed by atoms with Crippen LogP contribution in [-0.4, -0.2) is 60.2 Å². The van der Waals surface area contributed by atoms with Gasteiger partial charge in [0.05, 0.1) is 17.6 Å². The average molecular weight is 247 g/mol. The van der Waals surface area contributed by atoms with Gasteiger partial charge in [-0.25, -0.2) is 4.98 Å². The molecule has 18 heavy (non-hydrogen) atoms. The average Bonchev–Trinajstić information content (AvgIpc) is 2.32. The first-order valence-electron chi connectivity index (χ1n) is 6.74. The second kappa shape index (κ2) is 4.82. The molecule has 0 radical (unpaired) electrons. The molecule has 0 amide bonds. The highest BCUT2D eigenvalue weighted by molar-refractivity contribution is 5.38. The van der Waals surface area contributed by atoms with E-state index in [-0.39, 0.29) is 0 Å². The highest BCUT2D eigenvalue weighted by atomic mass is 15.3. The van der Waals surface area contributed by atoms with Crippen molar-refractivity contribution in [2.24, 2.45) is 0 Å². The van der Waals surface area contributed by atoms with Gasteiger partial charge in [-0.2, -0.15) is 0 Å². The van der Waals surface area contributed by atoms with Crippen LogP contribution in [0.3, 0.4) is 0 Å². The fraction of sp³-hybridized carbons (Fsp3) is 0.692. The molecule has 0 aromatic carbocycles. The number of nitrogens with one attached hydrogen (secondary N) is 1. The lowest BCUT2D eigenvalue weighted by atomic mass is 10.1. The Kier molecular flexibility index (Phi) is 3.18. The Morgan fingerprint density at radius 3 is 2.39 bits per heavy atom. The van der Waals surface area contributed by atoms with E-state index in [1.54, 1.807) is 0 Å². The Morgan fingerprint density at radius 1 is 1.11 bits per heavy atom. The second-order valence-corrected chi connectivity index (χ2v) is 5.23. The number of anilines is 1. The van der Waals surface area contributed by atoms with Gasteiger partial charge in [0.15, 0.2) is 0 Å². The van der Waals surface area contributed by atoms with Crippen LogP contribution < -0.4 is 10.2 Å². The van der Waals surface area contributed by atoms with Crippen LogP contribution in [0.1, 0.15) is 11.4 Å². The Morgan fingerprint density at radius 2 is 1.83 bits per heavy atom. The van der Waals surface area contributed by atoms with E-state index in [9.17, 15) is 0 Å². The number of piperazine rings is 1. The zero-order valence-electron chi connectivity index (χ0n) is 11.2. The molecular weight excluding hydrogens is 226 g/mol. The zero-order chi connectivity index (χ0) is 12.5. The van der Waals surface area contributed by atoms with Crippen molar-refractivity contribution in [2.45, 2.75) is 19.9 Å². The Balaban J connectivity index is 1.62. The molecule has 2 aliphatic heterocycles. The van der Waals surface area contributed by atoms with E-state index in [2.05, 4.69) is 25.1 Å². The largest absolute Gasteiger partial charge is 0.353 e. The summed E-state index contributed by atoms with van der Waals surface area (Å²) >= 11 is 0. The Labute approximate surface area is 108 Å². The van der Waals surface area contributed by atoms with Gasteiger partial charge in [-0.3, -0.25) is 9.88 Å². The van der Waals surface area contributed by atoms with Crippen molar-refractivity contribution >= 4 is 5.82 Å². The lowest BCUT2D eigenvalue weighted by molar-refractivity contribution is 0.137. The Hall–Kier alpha value is -1.20. The van der Waals surface area contributed by atoms with Crippen molar-refractivity contribution in [3.05, 3.63) is 17.6 Å². The van der Waals surface area contributed by atoms with Gasteiger partial charge >= 0.3 is 0 Å². The summed E-state index contributed by atoms with van der Waals surface area (Å²) in [5, 5.41) is 3.34. The van der Waals surface area contributed by atoms with Gasteiger partial charge in [0.25, 0.3) is 0 Å². The van der Waals surface area contributed by atoms with Crippen LogP contribution in [0.5, 0.6) is 0 Å². The molecular formula is C13H21N5. The van der Waals surface area contributed by atoms with Crippen molar-refractivity contribution in [1.82, 2.24) is 20.2 Å². The second-order valence-electron chi connectivity index (χ2n) is 5.23. The van der Waals surface area contributed by atoms with E-state index in [0.29, 0.717) is 0 Å². The molecule has 2 saturated heterocycles. The maximum atomic E-state index is 4.63. The standard InChI is InChI=1S/C13H21N5/c1-10-11(2)16-13(9-15-10)18-5-3-17(4-6-18)12-7-14-8-12/h9,12,14H,3-8H2,1-2H3. The van der Waals surface area contributed by atoms with E-state index in [1.165, 1.54) is 0 Å². The molecule has 3 rings (SSSR count). The summed E-state index contributed by atoms with van der Waals surface area (Å²) in [7, 11) is 0. The lowest BCUT2D eigenvalue weighted by Crippen LogP contribution is -2.61. The molecule has 5 heteroatoms. The summed E-state index contributed by atoms with van der Waals surface area (Å²) in [4.78, 5) is 14.0. The third-order valence-electron chi connectivity index (χ3n) is 4.09. The summed E-state index contributed by atoms with van der Waals surface area (Å²) < 4.78 is 0. The summed E-state index contributed by atoms with van der Waals surface area (Å²) in [6.07, 6.45) is 1.91. The van der Waals surface area contributed by atoms with Gasteiger partial charge in [0.2, 0.25) is 0 Å². The van der Waals surface area contributed by atoms with E-state index in [0.717, 1.165) is 62.5 Å². The minimum Gasteiger partial charge on any atom is -0.353 e. The number of aryl methyl sites for hydroxylation is 2. The highest BCUT2D eigenvalue weighted by Gasteiger charge is 2.28. The number of hydrogen-bond donors (Lipinski definition) is 1.